The van der Waals surface area contributed by atoms with E-state index in [0.717, 1.165) is 32.0 Å². The molecule has 0 bridgehead atoms. The van der Waals surface area contributed by atoms with Crippen LogP contribution >= 0.6 is 0 Å². The summed E-state index contributed by atoms with van der Waals surface area (Å²) < 4.78 is 23.5. The molecule has 0 unspecified atom stereocenters. The molecule has 1 aromatic heterocycles. The van der Waals surface area contributed by atoms with Crippen LogP contribution in [0.4, 0.5) is 15.8 Å². The number of aromatic carboxylic acids is 1. The molecule has 0 aliphatic carbocycles. The SMILES string of the molecule is Nc1ccc2c(c1)Oc1c(N3CCC(N4CCCCC4)CC3)c(F)cc3c(=O)c(C(=O)O)cn-2c13. The molecule has 2 aromatic carbocycles. The van der Waals surface area contributed by atoms with Gasteiger partial charge in [0.1, 0.15) is 16.8 Å². The van der Waals surface area contributed by atoms with Gasteiger partial charge in [0.15, 0.2) is 17.3 Å². The number of aromatic nitrogens is 1. The molecule has 9 heteroatoms. The zero-order valence-electron chi connectivity index (χ0n) is 19.3. The topological polar surface area (TPSA) is 101 Å². The molecule has 4 heterocycles. The lowest BCUT2D eigenvalue weighted by molar-refractivity contribution is 0.0695. The molecule has 0 atom stereocenters. The number of likely N-dealkylation sites (tertiary alicyclic amines) is 1. The normalized spacial score (nSPS) is 18.4. The highest BCUT2D eigenvalue weighted by Crippen LogP contribution is 2.47. The van der Waals surface area contributed by atoms with Gasteiger partial charge in [0.2, 0.25) is 5.43 Å². The molecular formula is C26H27FN4O4. The summed E-state index contributed by atoms with van der Waals surface area (Å²) in [4.78, 5) is 29.3. The average molecular weight is 479 g/mol. The van der Waals surface area contributed by atoms with E-state index < -0.39 is 22.8 Å². The van der Waals surface area contributed by atoms with Crippen LogP contribution in [0.25, 0.3) is 16.6 Å². The number of carboxylic acid groups (broad SMARTS) is 1. The first-order chi connectivity index (χ1) is 16.9. The van der Waals surface area contributed by atoms with Gasteiger partial charge in [-0.05, 0) is 57.0 Å². The summed E-state index contributed by atoms with van der Waals surface area (Å²) in [6.07, 6.45) is 6.89. The molecule has 3 aliphatic heterocycles. The number of ether oxygens (including phenoxy) is 1. The first-order valence-electron chi connectivity index (χ1n) is 12.1. The van der Waals surface area contributed by atoms with Gasteiger partial charge in [0, 0.05) is 37.1 Å². The maximum atomic E-state index is 15.7. The van der Waals surface area contributed by atoms with Gasteiger partial charge in [-0.3, -0.25) is 4.79 Å². The number of hydrogen-bond acceptors (Lipinski definition) is 6. The van der Waals surface area contributed by atoms with Crippen molar-refractivity contribution < 1.29 is 19.0 Å². The van der Waals surface area contributed by atoms with E-state index in [-0.39, 0.29) is 11.1 Å². The van der Waals surface area contributed by atoms with E-state index in [9.17, 15) is 14.7 Å². The number of hydrogen-bond donors (Lipinski definition) is 2. The molecule has 35 heavy (non-hydrogen) atoms. The van der Waals surface area contributed by atoms with E-state index in [1.54, 1.807) is 22.8 Å². The second-order valence-electron chi connectivity index (χ2n) is 9.62. The van der Waals surface area contributed by atoms with E-state index in [1.807, 2.05) is 4.90 Å². The van der Waals surface area contributed by atoms with Crippen molar-refractivity contribution in [3.05, 3.63) is 52.1 Å². The highest BCUT2D eigenvalue weighted by atomic mass is 19.1. The van der Waals surface area contributed by atoms with E-state index in [1.165, 1.54) is 25.5 Å². The molecule has 0 amide bonds. The predicted octanol–water partition coefficient (Wildman–Crippen LogP) is 3.97. The fourth-order valence-electron chi connectivity index (χ4n) is 5.81. The minimum Gasteiger partial charge on any atom is -0.477 e. The number of piperidine rings is 2. The lowest BCUT2D eigenvalue weighted by atomic mass is 9.98. The van der Waals surface area contributed by atoms with Crippen molar-refractivity contribution in [2.24, 2.45) is 0 Å². The number of fused-ring (bicyclic) bond motifs is 2. The maximum Gasteiger partial charge on any atom is 0.341 e. The van der Waals surface area contributed by atoms with Gasteiger partial charge in [0.25, 0.3) is 0 Å². The summed E-state index contributed by atoms with van der Waals surface area (Å²) in [7, 11) is 0. The second-order valence-corrected chi connectivity index (χ2v) is 9.62. The number of nitrogen functional groups attached to an aromatic ring is 1. The van der Waals surface area contributed by atoms with Crippen molar-refractivity contribution in [2.45, 2.75) is 38.1 Å². The van der Waals surface area contributed by atoms with Crippen molar-refractivity contribution in [2.75, 3.05) is 36.8 Å². The fourth-order valence-corrected chi connectivity index (χ4v) is 5.81. The van der Waals surface area contributed by atoms with Gasteiger partial charge in [-0.2, -0.15) is 0 Å². The summed E-state index contributed by atoms with van der Waals surface area (Å²) in [5, 5.41) is 9.59. The Morgan fingerprint density at radius 1 is 1.09 bits per heavy atom. The van der Waals surface area contributed by atoms with Crippen LogP contribution in [0.3, 0.4) is 0 Å². The summed E-state index contributed by atoms with van der Waals surface area (Å²) in [6.45, 7) is 3.59. The smallest absolute Gasteiger partial charge is 0.341 e. The van der Waals surface area contributed by atoms with Crippen molar-refractivity contribution >= 4 is 28.2 Å². The van der Waals surface area contributed by atoms with Crippen LogP contribution in [0.5, 0.6) is 11.5 Å². The Kier molecular flexibility index (Phi) is 5.17. The van der Waals surface area contributed by atoms with Crippen molar-refractivity contribution in [1.82, 2.24) is 9.47 Å². The molecule has 0 spiro atoms. The van der Waals surface area contributed by atoms with Crippen LogP contribution in [-0.2, 0) is 0 Å². The molecular weight excluding hydrogens is 451 g/mol. The molecule has 3 aliphatic rings. The molecule has 3 N–H and O–H groups in total. The number of pyridine rings is 1. The third-order valence-electron chi connectivity index (χ3n) is 7.54. The summed E-state index contributed by atoms with van der Waals surface area (Å²) in [6, 6.07) is 6.65. The van der Waals surface area contributed by atoms with E-state index >= 15 is 4.39 Å². The van der Waals surface area contributed by atoms with Crippen molar-refractivity contribution in [1.29, 1.82) is 0 Å². The lowest BCUT2D eigenvalue weighted by Gasteiger charge is -2.41. The molecule has 2 fully saturated rings. The summed E-state index contributed by atoms with van der Waals surface area (Å²) in [5.74, 6) is -1.35. The highest BCUT2D eigenvalue weighted by molar-refractivity contribution is 5.99. The van der Waals surface area contributed by atoms with Crippen LogP contribution in [0.1, 0.15) is 42.5 Å². The van der Waals surface area contributed by atoms with Gasteiger partial charge in [-0.25, -0.2) is 9.18 Å². The number of nitrogens with zero attached hydrogens (tertiary/aromatic N) is 3. The monoisotopic (exact) mass is 478 g/mol. The third kappa shape index (κ3) is 3.53. The number of halogens is 1. The Bertz CT molecular complexity index is 1400. The Morgan fingerprint density at radius 3 is 2.54 bits per heavy atom. The molecule has 182 valence electrons. The molecule has 0 saturated carbocycles. The maximum absolute atomic E-state index is 15.7. The van der Waals surface area contributed by atoms with Crippen LogP contribution in [0, 0.1) is 5.82 Å². The standard InChI is InChI=1S/C26H27FN4O4/c27-19-13-17-22-25(23(19)30-10-6-16(7-11-30)29-8-2-1-3-9-29)35-21-12-15(28)4-5-20(21)31(22)14-18(24(17)32)26(33)34/h4-5,12-14,16H,1-3,6-11,28H2,(H,33,34). The van der Waals surface area contributed by atoms with Crippen molar-refractivity contribution in [3.63, 3.8) is 0 Å². The minimum atomic E-state index is -1.37. The minimum absolute atomic E-state index is 0.0215. The Morgan fingerprint density at radius 2 is 1.83 bits per heavy atom. The van der Waals surface area contributed by atoms with Gasteiger partial charge < -0.3 is 29.9 Å². The molecule has 3 aromatic rings. The number of carboxylic acids is 1. The summed E-state index contributed by atoms with van der Waals surface area (Å²) >= 11 is 0. The number of benzene rings is 2. The lowest BCUT2D eigenvalue weighted by Crippen LogP contribution is -2.47. The first kappa shape index (κ1) is 21.9. The fraction of sp³-hybridized carbons (Fsp3) is 0.385. The number of nitrogens with two attached hydrogens (primary N) is 1. The second kappa shape index (κ2) is 8.27. The molecule has 6 rings (SSSR count). The van der Waals surface area contributed by atoms with Gasteiger partial charge in [-0.1, -0.05) is 6.42 Å². The van der Waals surface area contributed by atoms with Gasteiger partial charge in [-0.15, -0.1) is 0 Å². The summed E-state index contributed by atoms with van der Waals surface area (Å²) in [5.41, 5.74) is 6.49. The van der Waals surface area contributed by atoms with E-state index in [0.29, 0.717) is 47.5 Å². The Labute approximate surface area is 201 Å². The third-order valence-corrected chi connectivity index (χ3v) is 7.54. The van der Waals surface area contributed by atoms with Gasteiger partial charge >= 0.3 is 5.97 Å². The number of anilines is 2. The predicted molar refractivity (Wildman–Crippen MR) is 132 cm³/mol. The first-order valence-corrected chi connectivity index (χ1v) is 12.1. The quantitative estimate of drug-likeness (QED) is 0.430. The van der Waals surface area contributed by atoms with Gasteiger partial charge in [0.05, 0.1) is 11.1 Å². The van der Waals surface area contributed by atoms with E-state index in [2.05, 4.69) is 4.90 Å². The largest absolute Gasteiger partial charge is 0.477 e. The highest BCUT2D eigenvalue weighted by Gasteiger charge is 2.33. The zero-order valence-corrected chi connectivity index (χ0v) is 19.3. The zero-order chi connectivity index (χ0) is 24.3. The Hall–Kier alpha value is -3.59. The van der Waals surface area contributed by atoms with E-state index in [4.69, 9.17) is 10.5 Å². The van der Waals surface area contributed by atoms with Crippen LogP contribution in [0.2, 0.25) is 0 Å². The molecule has 2 saturated heterocycles. The van der Waals surface area contributed by atoms with Crippen LogP contribution in [-0.4, -0.2) is 52.8 Å². The van der Waals surface area contributed by atoms with Crippen LogP contribution < -0.4 is 20.8 Å². The molecule has 0 radical (unpaired) electrons. The average Bonchev–Trinajstić information content (AvgIpc) is 2.86. The number of rotatable bonds is 3. The molecule has 8 nitrogen and oxygen atoms in total. The van der Waals surface area contributed by atoms with Crippen molar-refractivity contribution in [3.8, 4) is 17.2 Å². The van der Waals surface area contributed by atoms with Crippen LogP contribution in [0.15, 0.2) is 35.3 Å². The number of carbonyl (C=O) groups is 1. The Balaban J connectivity index is 1.47.